The number of anilines is 1. The van der Waals surface area contributed by atoms with Crippen LogP contribution in [0.3, 0.4) is 0 Å². The van der Waals surface area contributed by atoms with E-state index >= 15 is 0 Å². The molecule has 6 nitrogen and oxygen atoms in total. The van der Waals surface area contributed by atoms with Gasteiger partial charge < -0.3 is 15.0 Å². The molecule has 1 N–H and O–H groups in total. The highest BCUT2D eigenvalue weighted by Crippen LogP contribution is 2.21. The van der Waals surface area contributed by atoms with Crippen molar-refractivity contribution in [1.82, 2.24) is 14.9 Å². The molecule has 7 heteroatoms. The number of methoxy groups -OCH3 is 1. The first kappa shape index (κ1) is 17.1. The molecule has 25 heavy (non-hydrogen) atoms. The van der Waals surface area contributed by atoms with Crippen LogP contribution in [0.5, 0.6) is 5.88 Å². The summed E-state index contributed by atoms with van der Waals surface area (Å²) in [5, 5.41) is 3.34. The first-order valence-corrected chi connectivity index (χ1v) is 8.29. The number of likely N-dealkylation sites (tertiary alicyclic amines) is 1. The average Bonchev–Trinajstić information content (AvgIpc) is 2.64. The van der Waals surface area contributed by atoms with Gasteiger partial charge in [0.2, 0.25) is 5.91 Å². The van der Waals surface area contributed by atoms with E-state index in [4.69, 9.17) is 4.74 Å². The summed E-state index contributed by atoms with van der Waals surface area (Å²) in [6.07, 6.45) is 5.16. The van der Waals surface area contributed by atoms with Gasteiger partial charge in [0.05, 0.1) is 13.5 Å². The zero-order valence-corrected chi connectivity index (χ0v) is 14.1. The lowest BCUT2D eigenvalue weighted by Gasteiger charge is -2.32. The molecule has 2 heterocycles. The minimum atomic E-state index is -0.289. The highest BCUT2D eigenvalue weighted by molar-refractivity contribution is 5.78. The zero-order valence-electron chi connectivity index (χ0n) is 14.1. The third-order valence-corrected chi connectivity index (χ3v) is 4.32. The van der Waals surface area contributed by atoms with Crippen LogP contribution in [-0.2, 0) is 11.2 Å². The van der Waals surface area contributed by atoms with Gasteiger partial charge in [-0.2, -0.15) is 0 Å². The normalized spacial score (nSPS) is 15.0. The molecule has 1 aromatic carbocycles. The van der Waals surface area contributed by atoms with E-state index in [1.165, 1.54) is 12.1 Å². The van der Waals surface area contributed by atoms with Crippen LogP contribution in [0.2, 0.25) is 0 Å². The summed E-state index contributed by atoms with van der Waals surface area (Å²) in [4.78, 5) is 22.6. The smallest absolute Gasteiger partial charge is 0.257 e. The molecule has 1 aromatic heterocycles. The van der Waals surface area contributed by atoms with Crippen molar-refractivity contribution in [1.29, 1.82) is 0 Å². The topological polar surface area (TPSA) is 67.4 Å². The van der Waals surface area contributed by atoms with Gasteiger partial charge in [-0.25, -0.2) is 14.4 Å². The summed E-state index contributed by atoms with van der Waals surface area (Å²) in [5.41, 5.74) is 0.830. The maximum absolute atomic E-state index is 12.9. The second-order valence-corrected chi connectivity index (χ2v) is 6.02. The molecule has 0 saturated carbocycles. The van der Waals surface area contributed by atoms with Gasteiger partial charge in [-0.1, -0.05) is 12.1 Å². The number of halogens is 1. The van der Waals surface area contributed by atoms with Gasteiger partial charge in [-0.15, -0.1) is 0 Å². The summed E-state index contributed by atoms with van der Waals surface area (Å²) in [6, 6.07) is 6.30. The number of carbonyl (C=O) groups is 1. The largest absolute Gasteiger partial charge is 0.478 e. The lowest BCUT2D eigenvalue weighted by molar-refractivity contribution is -0.131. The molecule has 0 atom stereocenters. The first-order chi connectivity index (χ1) is 12.2. The van der Waals surface area contributed by atoms with Gasteiger partial charge in [-0.05, 0) is 30.5 Å². The molecule has 1 aliphatic rings. The molecule has 0 bridgehead atoms. The number of carbonyl (C=O) groups excluding carboxylic acids is 1. The van der Waals surface area contributed by atoms with Crippen LogP contribution in [-0.4, -0.2) is 47.0 Å². The summed E-state index contributed by atoms with van der Waals surface area (Å²) < 4.78 is 18.1. The van der Waals surface area contributed by atoms with Gasteiger partial charge in [-0.3, -0.25) is 4.79 Å². The fourth-order valence-corrected chi connectivity index (χ4v) is 2.93. The van der Waals surface area contributed by atoms with Gasteiger partial charge in [0.1, 0.15) is 5.82 Å². The molecule has 0 aliphatic carbocycles. The number of nitrogens with one attached hydrogen (secondary N) is 1. The quantitative estimate of drug-likeness (QED) is 0.901. The van der Waals surface area contributed by atoms with E-state index in [1.54, 1.807) is 31.6 Å². The SMILES string of the molecule is COc1nccnc1NC1CCN(C(=O)Cc2ccc(F)cc2)CC1. The van der Waals surface area contributed by atoms with E-state index in [1.807, 2.05) is 4.90 Å². The summed E-state index contributed by atoms with van der Waals surface area (Å²) in [5.74, 6) is 0.878. The Bertz CT molecular complexity index is 715. The molecular formula is C18H21FN4O2. The van der Waals surface area contributed by atoms with Crippen molar-refractivity contribution in [3.8, 4) is 5.88 Å². The predicted molar refractivity (Wildman–Crippen MR) is 91.9 cm³/mol. The summed E-state index contributed by atoms with van der Waals surface area (Å²) in [6.45, 7) is 1.36. The lowest BCUT2D eigenvalue weighted by atomic mass is 10.0. The van der Waals surface area contributed by atoms with Crippen LogP contribution >= 0.6 is 0 Å². The van der Waals surface area contributed by atoms with E-state index in [-0.39, 0.29) is 17.8 Å². The van der Waals surface area contributed by atoms with E-state index < -0.39 is 0 Å². The second kappa shape index (κ2) is 7.92. The molecule has 1 fully saturated rings. The number of rotatable bonds is 5. The molecular weight excluding hydrogens is 323 g/mol. The van der Waals surface area contributed by atoms with Crippen LogP contribution in [0.4, 0.5) is 10.2 Å². The monoisotopic (exact) mass is 344 g/mol. The molecule has 1 saturated heterocycles. The molecule has 1 amide bonds. The van der Waals surface area contributed by atoms with Crippen LogP contribution in [0, 0.1) is 5.82 Å². The number of aromatic nitrogens is 2. The fourth-order valence-electron chi connectivity index (χ4n) is 2.93. The zero-order chi connectivity index (χ0) is 17.6. The van der Waals surface area contributed by atoms with Crippen molar-refractivity contribution < 1.29 is 13.9 Å². The number of hydrogen-bond donors (Lipinski definition) is 1. The Kier molecular flexibility index (Phi) is 5.42. The maximum Gasteiger partial charge on any atom is 0.257 e. The van der Waals surface area contributed by atoms with Crippen molar-refractivity contribution in [3.05, 3.63) is 48.0 Å². The van der Waals surface area contributed by atoms with Crippen molar-refractivity contribution in [2.45, 2.75) is 25.3 Å². The van der Waals surface area contributed by atoms with Gasteiger partial charge in [0, 0.05) is 31.5 Å². The molecule has 3 rings (SSSR count). The summed E-state index contributed by atoms with van der Waals surface area (Å²) in [7, 11) is 1.56. The first-order valence-electron chi connectivity index (χ1n) is 8.29. The summed E-state index contributed by atoms with van der Waals surface area (Å²) >= 11 is 0. The number of piperidine rings is 1. The Morgan fingerprint density at radius 2 is 1.92 bits per heavy atom. The number of hydrogen-bond acceptors (Lipinski definition) is 5. The van der Waals surface area contributed by atoms with Crippen molar-refractivity contribution in [2.24, 2.45) is 0 Å². The average molecular weight is 344 g/mol. The number of amides is 1. The molecule has 1 aliphatic heterocycles. The maximum atomic E-state index is 12.9. The lowest BCUT2D eigenvalue weighted by Crippen LogP contribution is -2.43. The number of ether oxygens (including phenoxy) is 1. The van der Waals surface area contributed by atoms with E-state index in [0.29, 0.717) is 31.2 Å². The Morgan fingerprint density at radius 3 is 2.60 bits per heavy atom. The molecule has 0 unspecified atom stereocenters. The Hall–Kier alpha value is -2.70. The van der Waals surface area contributed by atoms with E-state index in [9.17, 15) is 9.18 Å². The van der Waals surface area contributed by atoms with Crippen molar-refractivity contribution in [2.75, 3.05) is 25.5 Å². The molecule has 132 valence electrons. The number of nitrogens with zero attached hydrogens (tertiary/aromatic N) is 3. The predicted octanol–water partition coefficient (Wildman–Crippen LogP) is 2.27. The third-order valence-electron chi connectivity index (χ3n) is 4.32. The van der Waals surface area contributed by atoms with Crippen LogP contribution < -0.4 is 10.1 Å². The van der Waals surface area contributed by atoms with Crippen LogP contribution in [0.15, 0.2) is 36.7 Å². The Morgan fingerprint density at radius 1 is 1.24 bits per heavy atom. The number of benzene rings is 1. The molecule has 0 radical (unpaired) electrons. The van der Waals surface area contributed by atoms with E-state index in [0.717, 1.165) is 18.4 Å². The highest BCUT2D eigenvalue weighted by atomic mass is 19.1. The van der Waals surface area contributed by atoms with Gasteiger partial charge in [0.25, 0.3) is 5.88 Å². The standard InChI is InChI=1S/C18H21FN4O2/c1-25-18-17(20-8-9-21-18)22-15-6-10-23(11-7-15)16(24)12-13-2-4-14(19)5-3-13/h2-5,8-9,15H,6-7,10-12H2,1H3,(H,20,22). The van der Waals surface area contributed by atoms with Gasteiger partial charge >= 0.3 is 0 Å². The highest BCUT2D eigenvalue weighted by Gasteiger charge is 2.23. The minimum absolute atomic E-state index is 0.0714. The Balaban J connectivity index is 1.51. The van der Waals surface area contributed by atoms with Crippen LogP contribution in [0.1, 0.15) is 18.4 Å². The van der Waals surface area contributed by atoms with E-state index in [2.05, 4.69) is 15.3 Å². The Labute approximate surface area is 146 Å². The van der Waals surface area contributed by atoms with Crippen molar-refractivity contribution in [3.63, 3.8) is 0 Å². The van der Waals surface area contributed by atoms with Crippen molar-refractivity contribution >= 4 is 11.7 Å². The van der Waals surface area contributed by atoms with Crippen LogP contribution in [0.25, 0.3) is 0 Å². The molecule has 0 spiro atoms. The molecule has 2 aromatic rings. The van der Waals surface area contributed by atoms with Gasteiger partial charge in [0.15, 0.2) is 5.82 Å². The minimum Gasteiger partial charge on any atom is -0.478 e. The second-order valence-electron chi connectivity index (χ2n) is 6.02. The fraction of sp³-hybridized carbons (Fsp3) is 0.389. The third kappa shape index (κ3) is 4.43.